The molecule has 3 heteroatoms. The Hall–Kier alpha value is -2.84. The molecule has 1 aliphatic heterocycles. The molecule has 0 spiro atoms. The molecule has 0 N–H and O–H groups in total. The van der Waals surface area contributed by atoms with Crippen LogP contribution >= 0.6 is 11.6 Å². The average molecular weight is 430 g/mol. The topological polar surface area (TPSA) is 6.25 Å². The summed E-state index contributed by atoms with van der Waals surface area (Å²) in [6.45, 7) is 7.35. The highest BCUT2D eigenvalue weighted by Gasteiger charge is 2.35. The van der Waals surface area contributed by atoms with Crippen LogP contribution in [0.3, 0.4) is 0 Å². The molecule has 0 atom stereocenters. The highest BCUT2D eigenvalue weighted by atomic mass is 35.5. The van der Waals surface area contributed by atoms with Crippen molar-refractivity contribution in [3.05, 3.63) is 118 Å². The number of hydrogen-bond donors (Lipinski definition) is 0. The SMILES string of the molecule is CC1(C)CC(N(Cc2ccccc2)Cc2ccccc2)=CC=[N+]1Cc1ccc(Cl)cc1. The highest BCUT2D eigenvalue weighted by Crippen LogP contribution is 2.29. The first-order valence-electron chi connectivity index (χ1n) is 10.9. The van der Waals surface area contributed by atoms with Crippen LogP contribution in [0, 0.1) is 0 Å². The van der Waals surface area contributed by atoms with Crippen molar-refractivity contribution in [1.29, 1.82) is 0 Å². The smallest absolute Gasteiger partial charge is 0.168 e. The first-order valence-corrected chi connectivity index (χ1v) is 11.3. The van der Waals surface area contributed by atoms with E-state index in [1.165, 1.54) is 22.4 Å². The van der Waals surface area contributed by atoms with Crippen LogP contribution in [0.25, 0.3) is 0 Å². The largest absolute Gasteiger partial charge is 0.366 e. The van der Waals surface area contributed by atoms with Gasteiger partial charge in [-0.1, -0.05) is 84.4 Å². The minimum Gasteiger partial charge on any atom is -0.366 e. The lowest BCUT2D eigenvalue weighted by atomic mass is 9.93. The van der Waals surface area contributed by atoms with E-state index in [4.69, 9.17) is 11.6 Å². The van der Waals surface area contributed by atoms with E-state index in [2.05, 4.69) is 108 Å². The lowest BCUT2D eigenvalue weighted by Gasteiger charge is -2.34. The van der Waals surface area contributed by atoms with Crippen LogP contribution in [-0.4, -0.2) is 21.2 Å². The monoisotopic (exact) mass is 429 g/mol. The molecule has 0 saturated carbocycles. The Labute approximate surface area is 191 Å². The molecule has 0 bridgehead atoms. The van der Waals surface area contributed by atoms with Crippen LogP contribution < -0.4 is 0 Å². The molecule has 31 heavy (non-hydrogen) atoms. The Morgan fingerprint density at radius 2 is 1.32 bits per heavy atom. The van der Waals surface area contributed by atoms with Crippen LogP contribution in [0.15, 0.2) is 96.7 Å². The van der Waals surface area contributed by atoms with Gasteiger partial charge in [0.2, 0.25) is 0 Å². The lowest BCUT2D eigenvalue weighted by Crippen LogP contribution is -2.42. The van der Waals surface area contributed by atoms with Crippen molar-refractivity contribution in [2.75, 3.05) is 0 Å². The molecule has 0 fully saturated rings. The molecule has 0 aliphatic carbocycles. The third-order valence-electron chi connectivity index (χ3n) is 5.94. The van der Waals surface area contributed by atoms with Gasteiger partial charge in [0.1, 0.15) is 0 Å². The van der Waals surface area contributed by atoms with Gasteiger partial charge in [0.15, 0.2) is 18.3 Å². The number of rotatable bonds is 7. The molecule has 0 unspecified atom stereocenters. The van der Waals surface area contributed by atoms with E-state index < -0.39 is 0 Å². The van der Waals surface area contributed by atoms with E-state index in [1.54, 1.807) is 0 Å². The van der Waals surface area contributed by atoms with Crippen LogP contribution in [-0.2, 0) is 19.6 Å². The molecule has 2 nitrogen and oxygen atoms in total. The highest BCUT2D eigenvalue weighted by molar-refractivity contribution is 6.30. The molecule has 0 saturated heterocycles. The van der Waals surface area contributed by atoms with E-state index in [9.17, 15) is 0 Å². The maximum absolute atomic E-state index is 6.06. The zero-order valence-electron chi connectivity index (χ0n) is 18.3. The Morgan fingerprint density at radius 3 is 1.84 bits per heavy atom. The van der Waals surface area contributed by atoms with Crippen LogP contribution in [0.2, 0.25) is 5.02 Å². The number of benzene rings is 3. The van der Waals surface area contributed by atoms with E-state index in [0.717, 1.165) is 31.1 Å². The minimum atomic E-state index is 0.0232. The second-order valence-corrected chi connectivity index (χ2v) is 9.31. The summed E-state index contributed by atoms with van der Waals surface area (Å²) in [6.07, 6.45) is 5.56. The predicted octanol–water partition coefficient (Wildman–Crippen LogP) is 6.69. The third kappa shape index (κ3) is 5.65. The molecule has 0 aromatic heterocycles. The maximum atomic E-state index is 6.06. The van der Waals surface area contributed by atoms with Crippen molar-refractivity contribution < 1.29 is 4.58 Å². The minimum absolute atomic E-state index is 0.0232. The Bertz CT molecular complexity index is 1010. The summed E-state index contributed by atoms with van der Waals surface area (Å²) >= 11 is 6.06. The molecule has 3 aromatic rings. The predicted molar refractivity (Wildman–Crippen MR) is 130 cm³/mol. The van der Waals surface area contributed by atoms with Gasteiger partial charge in [0, 0.05) is 49.3 Å². The zero-order chi connectivity index (χ0) is 21.7. The molecule has 1 heterocycles. The fraction of sp³-hybridized carbons (Fsp3) is 0.250. The van der Waals surface area contributed by atoms with E-state index in [-0.39, 0.29) is 5.54 Å². The second kappa shape index (κ2) is 9.53. The number of nitrogens with zero attached hydrogens (tertiary/aromatic N) is 2. The lowest BCUT2D eigenvalue weighted by molar-refractivity contribution is -0.612. The third-order valence-corrected chi connectivity index (χ3v) is 6.19. The van der Waals surface area contributed by atoms with E-state index >= 15 is 0 Å². The van der Waals surface area contributed by atoms with Gasteiger partial charge in [-0.2, -0.15) is 0 Å². The van der Waals surface area contributed by atoms with Crippen molar-refractivity contribution in [2.45, 2.75) is 45.4 Å². The summed E-state index contributed by atoms with van der Waals surface area (Å²) in [4.78, 5) is 2.52. The normalized spacial score (nSPS) is 15.2. The van der Waals surface area contributed by atoms with Crippen molar-refractivity contribution in [2.24, 2.45) is 0 Å². The van der Waals surface area contributed by atoms with Gasteiger partial charge in [-0.25, -0.2) is 4.58 Å². The van der Waals surface area contributed by atoms with Crippen molar-refractivity contribution in [3.8, 4) is 0 Å². The summed E-state index contributed by atoms with van der Waals surface area (Å²) in [6, 6.07) is 29.7. The van der Waals surface area contributed by atoms with Gasteiger partial charge >= 0.3 is 0 Å². The van der Waals surface area contributed by atoms with Gasteiger partial charge < -0.3 is 4.90 Å². The Kier molecular flexibility index (Phi) is 6.58. The van der Waals surface area contributed by atoms with Gasteiger partial charge in [-0.3, -0.25) is 0 Å². The van der Waals surface area contributed by atoms with Gasteiger partial charge in [-0.15, -0.1) is 0 Å². The first kappa shape index (κ1) is 21.4. The van der Waals surface area contributed by atoms with Crippen LogP contribution in [0.5, 0.6) is 0 Å². The molecule has 3 aromatic carbocycles. The number of allylic oxidation sites excluding steroid dienone is 1. The fourth-order valence-electron chi connectivity index (χ4n) is 4.12. The summed E-state index contributed by atoms with van der Waals surface area (Å²) in [7, 11) is 0. The second-order valence-electron chi connectivity index (χ2n) is 8.88. The van der Waals surface area contributed by atoms with Gasteiger partial charge in [0.25, 0.3) is 0 Å². The van der Waals surface area contributed by atoms with Crippen LogP contribution in [0.4, 0.5) is 0 Å². The summed E-state index contributed by atoms with van der Waals surface area (Å²) in [5, 5.41) is 0.783. The molecular formula is C28H30ClN2+. The quantitative estimate of drug-likeness (QED) is 0.379. The van der Waals surface area contributed by atoms with Crippen LogP contribution in [0.1, 0.15) is 37.0 Å². The van der Waals surface area contributed by atoms with Gasteiger partial charge in [-0.05, 0) is 23.3 Å². The number of hydrogen-bond acceptors (Lipinski definition) is 1. The van der Waals surface area contributed by atoms with Crippen molar-refractivity contribution in [1.82, 2.24) is 4.90 Å². The van der Waals surface area contributed by atoms with E-state index in [0.29, 0.717) is 0 Å². The van der Waals surface area contributed by atoms with Crippen molar-refractivity contribution >= 4 is 17.8 Å². The number of halogens is 1. The molecule has 1 aliphatic rings. The van der Waals surface area contributed by atoms with Gasteiger partial charge in [0.05, 0.1) is 6.42 Å². The molecule has 158 valence electrons. The fourth-order valence-corrected chi connectivity index (χ4v) is 4.24. The first-order chi connectivity index (χ1) is 15.0. The molecule has 0 amide bonds. The molecule has 4 rings (SSSR count). The van der Waals surface area contributed by atoms with Crippen molar-refractivity contribution in [3.63, 3.8) is 0 Å². The molecule has 0 radical (unpaired) electrons. The van der Waals surface area contributed by atoms with E-state index in [1.807, 2.05) is 12.1 Å². The summed E-state index contributed by atoms with van der Waals surface area (Å²) in [5.41, 5.74) is 5.34. The zero-order valence-corrected chi connectivity index (χ0v) is 19.1. The maximum Gasteiger partial charge on any atom is 0.168 e. The average Bonchev–Trinajstić information content (AvgIpc) is 2.77. The Balaban J connectivity index is 1.60. The molecular weight excluding hydrogens is 400 g/mol. The standard InChI is InChI=1S/C28H30ClN2/c1-28(2)19-27(17-18-31(28)22-25-13-15-26(29)16-14-25)30(20-23-9-5-3-6-10-23)21-24-11-7-4-8-12-24/h3-18H,19-22H2,1-2H3/q+1. The Morgan fingerprint density at radius 1 is 0.774 bits per heavy atom. The summed E-state index contributed by atoms with van der Waals surface area (Å²) < 4.78 is 2.43. The summed E-state index contributed by atoms with van der Waals surface area (Å²) in [5.74, 6) is 0.